The number of rotatable bonds is 4. The van der Waals surface area contributed by atoms with E-state index >= 15 is 0 Å². The summed E-state index contributed by atoms with van der Waals surface area (Å²) < 4.78 is 0. The fourth-order valence-corrected chi connectivity index (χ4v) is 4.62. The van der Waals surface area contributed by atoms with E-state index in [1.54, 1.807) is 21.6 Å². The minimum atomic E-state index is -0.885. The van der Waals surface area contributed by atoms with E-state index in [4.69, 9.17) is 0 Å². The van der Waals surface area contributed by atoms with E-state index in [0.29, 0.717) is 5.75 Å². The highest BCUT2D eigenvalue weighted by atomic mass is 32.2. The average molecular weight is 300 g/mol. The van der Waals surface area contributed by atoms with Crippen LogP contribution in [-0.4, -0.2) is 57.2 Å². The number of carbonyl (C=O) groups excluding carboxylic acids is 1. The monoisotopic (exact) mass is 300 g/mol. The van der Waals surface area contributed by atoms with Gasteiger partial charge in [0.2, 0.25) is 0 Å². The molecule has 0 aromatic carbocycles. The summed E-state index contributed by atoms with van der Waals surface area (Å²) in [4.78, 5) is 27.5. The highest BCUT2D eigenvalue weighted by molar-refractivity contribution is 8.00. The highest BCUT2D eigenvalue weighted by Crippen LogP contribution is 2.34. The molecular formula is C14H24N2O3S. The number of aliphatic carboxylic acids is 1. The maximum atomic E-state index is 12.7. The SMILES string of the molecule is CCCC1SCC(C(=O)O)N1C(=O)N(C)C1CCCC1. The van der Waals surface area contributed by atoms with Crippen molar-refractivity contribution in [3.8, 4) is 0 Å². The first-order chi connectivity index (χ1) is 9.56. The van der Waals surface area contributed by atoms with Crippen molar-refractivity contribution in [2.24, 2.45) is 0 Å². The molecule has 1 heterocycles. The molecule has 114 valence electrons. The predicted molar refractivity (Wildman–Crippen MR) is 79.8 cm³/mol. The molecule has 2 aliphatic rings. The number of carboxylic acids is 1. The fraction of sp³-hybridized carbons (Fsp3) is 0.857. The second-order valence-electron chi connectivity index (χ2n) is 5.67. The molecule has 5 nitrogen and oxygen atoms in total. The van der Waals surface area contributed by atoms with E-state index < -0.39 is 12.0 Å². The van der Waals surface area contributed by atoms with Gasteiger partial charge >= 0.3 is 12.0 Å². The Labute approximate surface area is 124 Å². The van der Waals surface area contributed by atoms with Gasteiger partial charge in [-0.3, -0.25) is 4.90 Å². The average Bonchev–Trinajstić information content (AvgIpc) is 3.06. The lowest BCUT2D eigenvalue weighted by Gasteiger charge is -2.34. The summed E-state index contributed by atoms with van der Waals surface area (Å²) in [7, 11) is 1.82. The third kappa shape index (κ3) is 3.05. The molecule has 0 radical (unpaired) electrons. The smallest absolute Gasteiger partial charge is 0.327 e. The lowest BCUT2D eigenvalue weighted by molar-refractivity contribution is -0.141. The predicted octanol–water partition coefficient (Wildman–Crippen LogP) is 2.61. The first kappa shape index (κ1) is 15.5. The lowest BCUT2D eigenvalue weighted by Crippen LogP contribution is -2.52. The number of hydrogen-bond acceptors (Lipinski definition) is 3. The molecule has 0 spiro atoms. The van der Waals surface area contributed by atoms with Crippen molar-refractivity contribution in [2.45, 2.75) is 62.9 Å². The van der Waals surface area contributed by atoms with Gasteiger partial charge in [0.1, 0.15) is 6.04 Å². The zero-order chi connectivity index (χ0) is 14.7. The number of amides is 2. The molecule has 20 heavy (non-hydrogen) atoms. The fourth-order valence-electron chi connectivity index (χ4n) is 3.11. The Morgan fingerprint density at radius 2 is 2.00 bits per heavy atom. The quantitative estimate of drug-likeness (QED) is 0.867. The van der Waals surface area contributed by atoms with Gasteiger partial charge in [0, 0.05) is 18.8 Å². The summed E-state index contributed by atoms with van der Waals surface area (Å²) in [6, 6.07) is -0.495. The molecule has 1 aliphatic heterocycles. The Morgan fingerprint density at radius 3 is 2.55 bits per heavy atom. The van der Waals surface area contributed by atoms with Gasteiger partial charge in [0.25, 0.3) is 0 Å². The van der Waals surface area contributed by atoms with Crippen LogP contribution >= 0.6 is 11.8 Å². The summed E-state index contributed by atoms with van der Waals surface area (Å²) in [5.74, 6) is -0.381. The molecule has 0 aromatic heterocycles. The van der Waals surface area contributed by atoms with Gasteiger partial charge in [-0.25, -0.2) is 9.59 Å². The van der Waals surface area contributed by atoms with Gasteiger partial charge in [0.05, 0.1) is 5.37 Å². The molecule has 0 bridgehead atoms. The maximum Gasteiger partial charge on any atom is 0.327 e. The number of carboxylic acid groups (broad SMARTS) is 1. The van der Waals surface area contributed by atoms with Crippen LogP contribution in [0.3, 0.4) is 0 Å². The third-order valence-electron chi connectivity index (χ3n) is 4.31. The Hall–Kier alpha value is -0.910. The molecule has 1 saturated carbocycles. The first-order valence-electron chi connectivity index (χ1n) is 7.45. The molecule has 2 amide bonds. The van der Waals surface area contributed by atoms with E-state index in [9.17, 15) is 14.7 Å². The van der Waals surface area contributed by atoms with Crippen LogP contribution in [-0.2, 0) is 4.79 Å². The molecule has 1 N–H and O–H groups in total. The van der Waals surface area contributed by atoms with Crippen molar-refractivity contribution in [2.75, 3.05) is 12.8 Å². The van der Waals surface area contributed by atoms with E-state index in [0.717, 1.165) is 38.5 Å². The van der Waals surface area contributed by atoms with Crippen LogP contribution < -0.4 is 0 Å². The molecule has 2 unspecified atom stereocenters. The number of thioether (sulfide) groups is 1. The highest BCUT2D eigenvalue weighted by Gasteiger charge is 2.43. The van der Waals surface area contributed by atoms with Crippen LogP contribution in [0.1, 0.15) is 45.4 Å². The zero-order valence-corrected chi connectivity index (χ0v) is 13.1. The van der Waals surface area contributed by atoms with Crippen LogP contribution in [0.4, 0.5) is 4.79 Å². The van der Waals surface area contributed by atoms with E-state index in [1.165, 1.54) is 0 Å². The summed E-state index contributed by atoms with van der Waals surface area (Å²) in [6.45, 7) is 2.07. The number of nitrogens with zero attached hydrogens (tertiary/aromatic N) is 2. The van der Waals surface area contributed by atoms with Gasteiger partial charge in [-0.1, -0.05) is 26.2 Å². The van der Waals surface area contributed by atoms with Crippen molar-refractivity contribution < 1.29 is 14.7 Å². The van der Waals surface area contributed by atoms with Gasteiger partial charge < -0.3 is 10.0 Å². The van der Waals surface area contributed by atoms with Crippen molar-refractivity contribution in [3.05, 3.63) is 0 Å². The van der Waals surface area contributed by atoms with E-state index in [1.807, 2.05) is 7.05 Å². The molecule has 2 rings (SSSR count). The summed E-state index contributed by atoms with van der Waals surface area (Å²) in [5, 5.41) is 9.35. The van der Waals surface area contributed by atoms with Gasteiger partial charge in [0.15, 0.2) is 0 Å². The minimum absolute atomic E-state index is 0.0115. The molecule has 2 fully saturated rings. The van der Waals surface area contributed by atoms with Crippen LogP contribution in [0.15, 0.2) is 0 Å². The number of urea groups is 1. The number of carbonyl (C=O) groups is 2. The van der Waals surface area contributed by atoms with Crippen LogP contribution in [0.25, 0.3) is 0 Å². The van der Waals surface area contributed by atoms with Crippen LogP contribution in [0.2, 0.25) is 0 Å². The molecule has 1 saturated heterocycles. The zero-order valence-electron chi connectivity index (χ0n) is 12.2. The summed E-state index contributed by atoms with van der Waals surface area (Å²) >= 11 is 1.60. The van der Waals surface area contributed by atoms with E-state index in [2.05, 4.69) is 6.92 Å². The normalized spacial score (nSPS) is 27.0. The molecular weight excluding hydrogens is 276 g/mol. The van der Waals surface area contributed by atoms with Crippen molar-refractivity contribution >= 4 is 23.8 Å². The van der Waals surface area contributed by atoms with E-state index in [-0.39, 0.29) is 17.4 Å². The number of hydrogen-bond donors (Lipinski definition) is 1. The Morgan fingerprint density at radius 1 is 1.35 bits per heavy atom. The maximum absolute atomic E-state index is 12.7. The topological polar surface area (TPSA) is 60.9 Å². The summed E-state index contributed by atoms with van der Waals surface area (Å²) in [5.41, 5.74) is 0. The Kier molecular flexibility index (Phi) is 5.18. The second-order valence-corrected chi connectivity index (χ2v) is 6.88. The van der Waals surface area contributed by atoms with Crippen molar-refractivity contribution in [1.29, 1.82) is 0 Å². The molecule has 2 atom stereocenters. The Balaban J connectivity index is 2.11. The molecule has 1 aliphatic carbocycles. The molecule has 6 heteroatoms. The summed E-state index contributed by atoms with van der Waals surface area (Å²) in [6.07, 6.45) is 6.23. The van der Waals surface area contributed by atoms with Crippen molar-refractivity contribution in [3.63, 3.8) is 0 Å². The van der Waals surface area contributed by atoms with Gasteiger partial charge in [-0.15, -0.1) is 11.8 Å². The largest absolute Gasteiger partial charge is 0.480 e. The van der Waals surface area contributed by atoms with Gasteiger partial charge in [-0.2, -0.15) is 0 Å². The Bertz CT molecular complexity index is 371. The molecule has 0 aromatic rings. The van der Waals surface area contributed by atoms with Gasteiger partial charge in [-0.05, 0) is 19.3 Å². The second kappa shape index (κ2) is 6.70. The minimum Gasteiger partial charge on any atom is -0.480 e. The third-order valence-corrected chi connectivity index (χ3v) is 5.66. The lowest BCUT2D eigenvalue weighted by atomic mass is 10.2. The first-order valence-corrected chi connectivity index (χ1v) is 8.50. The van der Waals surface area contributed by atoms with Crippen molar-refractivity contribution in [1.82, 2.24) is 9.80 Å². The van der Waals surface area contributed by atoms with Crippen LogP contribution in [0, 0.1) is 0 Å². The van der Waals surface area contributed by atoms with Crippen LogP contribution in [0.5, 0.6) is 0 Å². The standard InChI is InChI=1S/C14H24N2O3S/c1-3-6-12-16(11(9-20-12)13(17)18)14(19)15(2)10-7-4-5-8-10/h10-12H,3-9H2,1-2H3,(H,17,18).